The van der Waals surface area contributed by atoms with Gasteiger partial charge in [0.15, 0.2) is 0 Å². The number of nitrogens with one attached hydrogen (secondary N) is 2. The topological polar surface area (TPSA) is 64.7 Å². The van der Waals surface area contributed by atoms with Gasteiger partial charge in [0.05, 0.1) is 24.3 Å². The normalized spacial score (nSPS) is 23.4. The van der Waals surface area contributed by atoms with Gasteiger partial charge in [-0.25, -0.2) is 0 Å². The van der Waals surface area contributed by atoms with Gasteiger partial charge in [-0.3, -0.25) is 19.4 Å². The monoisotopic (exact) mass is 440 g/mol. The van der Waals surface area contributed by atoms with Gasteiger partial charge in [-0.15, -0.1) is 0 Å². The number of amides is 2. The SMILES string of the molecule is C[C@@H]1CCCC[C@H]1NC(=O)CN1CCN(CC(=O)Nc2ccccc2C(F)(F)F)CC1. The van der Waals surface area contributed by atoms with Gasteiger partial charge in [0.2, 0.25) is 11.8 Å². The Kier molecular flexibility index (Phi) is 7.94. The zero-order chi connectivity index (χ0) is 22.4. The number of benzene rings is 1. The molecule has 1 saturated heterocycles. The minimum absolute atomic E-state index is 0.0197. The van der Waals surface area contributed by atoms with E-state index in [0.29, 0.717) is 38.6 Å². The van der Waals surface area contributed by atoms with Gasteiger partial charge < -0.3 is 10.6 Å². The Hall–Kier alpha value is -2.13. The molecule has 1 saturated carbocycles. The summed E-state index contributed by atoms with van der Waals surface area (Å²) < 4.78 is 39.2. The first-order chi connectivity index (χ1) is 14.7. The fraction of sp³-hybridized carbons (Fsp3) is 0.636. The number of carbonyl (C=O) groups is 2. The number of hydrogen-bond donors (Lipinski definition) is 2. The molecule has 0 radical (unpaired) electrons. The molecule has 9 heteroatoms. The molecule has 172 valence electrons. The Morgan fingerprint density at radius 3 is 2.16 bits per heavy atom. The first-order valence-corrected chi connectivity index (χ1v) is 10.9. The lowest BCUT2D eigenvalue weighted by Crippen LogP contribution is -2.52. The van der Waals surface area contributed by atoms with Gasteiger partial charge in [-0.05, 0) is 30.9 Å². The van der Waals surface area contributed by atoms with E-state index in [1.165, 1.54) is 24.6 Å². The summed E-state index contributed by atoms with van der Waals surface area (Å²) in [6.07, 6.45) is 0.0478. The zero-order valence-corrected chi connectivity index (χ0v) is 17.9. The van der Waals surface area contributed by atoms with Crippen LogP contribution in [0.5, 0.6) is 0 Å². The van der Waals surface area contributed by atoms with Gasteiger partial charge in [0.1, 0.15) is 0 Å². The Balaban J connectivity index is 1.41. The second-order valence-electron chi connectivity index (χ2n) is 8.58. The van der Waals surface area contributed by atoms with Crippen molar-refractivity contribution in [2.24, 2.45) is 5.92 Å². The van der Waals surface area contributed by atoms with Crippen LogP contribution in [-0.2, 0) is 15.8 Å². The average Bonchev–Trinajstić information content (AvgIpc) is 2.71. The van der Waals surface area contributed by atoms with Crippen molar-refractivity contribution in [1.82, 2.24) is 15.1 Å². The summed E-state index contributed by atoms with van der Waals surface area (Å²) >= 11 is 0. The van der Waals surface area contributed by atoms with Crippen LogP contribution in [0.4, 0.5) is 18.9 Å². The number of carbonyl (C=O) groups excluding carboxylic acids is 2. The smallest absolute Gasteiger partial charge is 0.352 e. The molecule has 6 nitrogen and oxygen atoms in total. The maximum absolute atomic E-state index is 13.1. The van der Waals surface area contributed by atoms with Crippen molar-refractivity contribution in [1.29, 1.82) is 0 Å². The van der Waals surface area contributed by atoms with Gasteiger partial charge in [-0.1, -0.05) is 31.9 Å². The first kappa shape index (κ1) is 23.5. The van der Waals surface area contributed by atoms with Gasteiger partial charge in [0, 0.05) is 32.2 Å². The van der Waals surface area contributed by atoms with E-state index in [1.807, 2.05) is 4.90 Å². The summed E-state index contributed by atoms with van der Waals surface area (Å²) in [7, 11) is 0. The second kappa shape index (κ2) is 10.5. The third-order valence-corrected chi connectivity index (χ3v) is 6.16. The molecular formula is C22H31F3N4O2. The molecule has 1 aromatic carbocycles. The number of alkyl halides is 3. The summed E-state index contributed by atoms with van der Waals surface area (Å²) in [6.45, 7) is 4.98. The minimum atomic E-state index is -4.52. The molecule has 0 unspecified atom stereocenters. The Bertz CT molecular complexity index is 763. The highest BCUT2D eigenvalue weighted by Crippen LogP contribution is 2.34. The highest BCUT2D eigenvalue weighted by molar-refractivity contribution is 5.93. The lowest BCUT2D eigenvalue weighted by atomic mass is 9.86. The summed E-state index contributed by atoms with van der Waals surface area (Å²) in [5.74, 6) is 0.0680. The maximum Gasteiger partial charge on any atom is 0.418 e. The second-order valence-corrected chi connectivity index (χ2v) is 8.58. The molecule has 1 aliphatic carbocycles. The summed E-state index contributed by atoms with van der Waals surface area (Å²) in [5.41, 5.74) is -1.08. The average molecular weight is 441 g/mol. The summed E-state index contributed by atoms with van der Waals surface area (Å²) in [5, 5.41) is 5.53. The van der Waals surface area contributed by atoms with Crippen molar-refractivity contribution in [3.8, 4) is 0 Å². The van der Waals surface area contributed by atoms with Crippen molar-refractivity contribution >= 4 is 17.5 Å². The standard InChI is InChI=1S/C22H31F3N4O2/c1-16-6-2-4-8-18(16)26-20(30)14-28-10-12-29(13-11-28)15-21(31)27-19-9-5-3-7-17(19)22(23,24)25/h3,5,7,9,16,18H,2,4,6,8,10-15H2,1H3,(H,26,30)(H,27,31)/t16-,18-/m1/s1. The molecule has 2 N–H and O–H groups in total. The third-order valence-electron chi connectivity index (χ3n) is 6.16. The van der Waals surface area contributed by atoms with Crippen molar-refractivity contribution in [2.75, 3.05) is 44.6 Å². The molecule has 2 fully saturated rings. The quantitative estimate of drug-likeness (QED) is 0.714. The van der Waals surface area contributed by atoms with Crippen LogP contribution in [0.15, 0.2) is 24.3 Å². The van der Waals surface area contributed by atoms with E-state index in [2.05, 4.69) is 22.5 Å². The van der Waals surface area contributed by atoms with E-state index in [0.717, 1.165) is 25.3 Å². The number of piperazine rings is 1. The van der Waals surface area contributed by atoms with Crippen LogP contribution in [0.1, 0.15) is 38.2 Å². The zero-order valence-electron chi connectivity index (χ0n) is 17.9. The molecular weight excluding hydrogens is 409 g/mol. The molecule has 1 heterocycles. The van der Waals surface area contributed by atoms with E-state index in [4.69, 9.17) is 0 Å². The highest BCUT2D eigenvalue weighted by Gasteiger charge is 2.33. The molecule has 2 amide bonds. The van der Waals surface area contributed by atoms with Crippen LogP contribution < -0.4 is 10.6 Å². The van der Waals surface area contributed by atoms with Gasteiger partial charge >= 0.3 is 6.18 Å². The molecule has 2 atom stereocenters. The van der Waals surface area contributed by atoms with Gasteiger partial charge in [0.25, 0.3) is 0 Å². The molecule has 3 rings (SSSR count). The van der Waals surface area contributed by atoms with Crippen LogP contribution in [0, 0.1) is 5.92 Å². The Morgan fingerprint density at radius 1 is 0.968 bits per heavy atom. The maximum atomic E-state index is 13.1. The molecule has 0 spiro atoms. The lowest BCUT2D eigenvalue weighted by Gasteiger charge is -2.35. The van der Waals surface area contributed by atoms with E-state index >= 15 is 0 Å². The molecule has 1 aromatic rings. The predicted molar refractivity (Wildman–Crippen MR) is 113 cm³/mol. The lowest BCUT2D eigenvalue weighted by molar-refractivity contribution is -0.137. The minimum Gasteiger partial charge on any atom is -0.352 e. The molecule has 0 bridgehead atoms. The van der Waals surface area contributed by atoms with Crippen molar-refractivity contribution in [3.05, 3.63) is 29.8 Å². The molecule has 31 heavy (non-hydrogen) atoms. The number of rotatable bonds is 6. The molecule has 1 aliphatic heterocycles. The number of nitrogens with zero attached hydrogens (tertiary/aromatic N) is 2. The Morgan fingerprint density at radius 2 is 1.55 bits per heavy atom. The summed E-state index contributed by atoms with van der Waals surface area (Å²) in [4.78, 5) is 28.6. The van der Waals surface area contributed by atoms with Crippen LogP contribution in [0.2, 0.25) is 0 Å². The molecule has 2 aliphatic rings. The number of halogens is 3. The summed E-state index contributed by atoms with van der Waals surface area (Å²) in [6, 6.07) is 5.22. The number of anilines is 1. The fourth-order valence-electron chi connectivity index (χ4n) is 4.32. The van der Waals surface area contributed by atoms with E-state index in [1.54, 1.807) is 0 Å². The largest absolute Gasteiger partial charge is 0.418 e. The third kappa shape index (κ3) is 6.93. The number of hydrogen-bond acceptors (Lipinski definition) is 4. The van der Waals surface area contributed by atoms with E-state index in [-0.39, 0.29) is 24.2 Å². The van der Waals surface area contributed by atoms with Gasteiger partial charge in [-0.2, -0.15) is 13.2 Å². The number of para-hydroxylation sites is 1. The van der Waals surface area contributed by atoms with Crippen molar-refractivity contribution in [3.63, 3.8) is 0 Å². The van der Waals surface area contributed by atoms with Crippen LogP contribution >= 0.6 is 0 Å². The van der Waals surface area contributed by atoms with Crippen LogP contribution in [-0.4, -0.2) is 66.9 Å². The van der Waals surface area contributed by atoms with Crippen molar-refractivity contribution in [2.45, 2.75) is 44.8 Å². The highest BCUT2D eigenvalue weighted by atomic mass is 19.4. The van der Waals surface area contributed by atoms with Crippen molar-refractivity contribution < 1.29 is 22.8 Å². The molecule has 0 aromatic heterocycles. The van der Waals surface area contributed by atoms with Crippen LogP contribution in [0.25, 0.3) is 0 Å². The Labute approximate surface area is 181 Å². The van der Waals surface area contributed by atoms with E-state index in [9.17, 15) is 22.8 Å². The van der Waals surface area contributed by atoms with Crippen LogP contribution in [0.3, 0.4) is 0 Å². The fourth-order valence-corrected chi connectivity index (χ4v) is 4.32. The van der Waals surface area contributed by atoms with E-state index < -0.39 is 17.6 Å². The predicted octanol–water partition coefficient (Wildman–Crippen LogP) is 2.96. The first-order valence-electron chi connectivity index (χ1n) is 10.9.